The van der Waals surface area contributed by atoms with Crippen molar-refractivity contribution in [3.8, 4) is 0 Å². The van der Waals surface area contributed by atoms with Crippen molar-refractivity contribution in [2.45, 2.75) is 0 Å². The Morgan fingerprint density at radius 1 is 1.57 bits per heavy atom. The Morgan fingerprint density at radius 2 is 2.29 bits per heavy atom. The van der Waals surface area contributed by atoms with Crippen LogP contribution in [0.5, 0.6) is 0 Å². The number of aromatic nitrogens is 1. The number of hydrogen-bond acceptors (Lipinski definition) is 3. The van der Waals surface area contributed by atoms with Gasteiger partial charge in [0.15, 0.2) is 6.39 Å². The molecular formula is C3H5NO2P+. The predicted molar refractivity (Wildman–Crippen MR) is 26.9 cm³/mol. The monoisotopic (exact) mass is 118 g/mol. The van der Waals surface area contributed by atoms with Gasteiger partial charge in [-0.25, -0.2) is 4.98 Å². The van der Waals surface area contributed by atoms with Crippen LogP contribution in [0, 0.1) is 0 Å². The smallest absolute Gasteiger partial charge is 0.310 e. The molecule has 1 aromatic rings. The lowest BCUT2D eigenvalue weighted by atomic mass is 11.0. The standard InChI is InChI=1S/C3H3NO.H2OP/c1-2-5-3-4-1;1-2/h1-3H;2H2/q;+1. The number of oxazole rings is 1. The molecule has 0 amide bonds. The fraction of sp³-hybridized carbons (Fsp3) is 0. The summed E-state index contributed by atoms with van der Waals surface area (Å²) >= 11 is 0. The van der Waals surface area contributed by atoms with Crippen molar-refractivity contribution in [1.82, 2.24) is 4.98 Å². The van der Waals surface area contributed by atoms with Crippen molar-refractivity contribution in [1.29, 1.82) is 0 Å². The van der Waals surface area contributed by atoms with Crippen LogP contribution in [0.3, 0.4) is 0 Å². The van der Waals surface area contributed by atoms with Gasteiger partial charge in [-0.1, -0.05) is 4.57 Å². The first kappa shape index (κ1) is 6.31. The molecule has 0 saturated carbocycles. The Balaban J connectivity index is 0.000000162. The molecular weight excluding hydrogens is 113 g/mol. The molecule has 3 nitrogen and oxygen atoms in total. The lowest BCUT2D eigenvalue weighted by molar-refractivity contribution is 0.558. The fourth-order valence-electron chi connectivity index (χ4n) is 0.176. The minimum atomic E-state index is 1.17. The second-order valence-electron chi connectivity index (χ2n) is 0.676. The molecule has 0 aliphatic rings. The molecule has 0 aliphatic carbocycles. The molecule has 1 heterocycles. The Kier molecular flexibility index (Phi) is 4.79. The van der Waals surface area contributed by atoms with Gasteiger partial charge in [0.2, 0.25) is 0 Å². The van der Waals surface area contributed by atoms with Gasteiger partial charge in [-0.3, -0.25) is 0 Å². The molecule has 1 atom stereocenters. The summed E-state index contributed by atoms with van der Waals surface area (Å²) in [5.41, 5.74) is 0. The zero-order chi connectivity index (χ0) is 5.54. The number of nitrogens with zero attached hydrogens (tertiary/aromatic N) is 1. The summed E-state index contributed by atoms with van der Waals surface area (Å²) in [6.45, 7) is 0. The van der Waals surface area contributed by atoms with Crippen molar-refractivity contribution in [2.75, 3.05) is 0 Å². The van der Waals surface area contributed by atoms with E-state index in [0.717, 1.165) is 0 Å². The third-order valence-corrected chi connectivity index (χ3v) is 0.347. The molecule has 0 aliphatic heterocycles. The highest BCUT2D eigenvalue weighted by Gasteiger charge is 1.59. The highest BCUT2D eigenvalue weighted by atomic mass is 31.0. The molecule has 0 radical (unpaired) electrons. The van der Waals surface area contributed by atoms with E-state index in [9.17, 15) is 0 Å². The van der Waals surface area contributed by atoms with Crippen LogP contribution in [0.2, 0.25) is 0 Å². The van der Waals surface area contributed by atoms with E-state index < -0.39 is 0 Å². The predicted octanol–water partition coefficient (Wildman–Crippen LogP) is 0.882. The highest BCUT2D eigenvalue weighted by molar-refractivity contribution is 7.00. The molecule has 0 spiro atoms. The van der Waals surface area contributed by atoms with Crippen LogP contribution < -0.4 is 0 Å². The second-order valence-corrected chi connectivity index (χ2v) is 0.676. The third kappa shape index (κ3) is 3.13. The summed E-state index contributed by atoms with van der Waals surface area (Å²) < 4.78 is 12.6. The van der Waals surface area contributed by atoms with Gasteiger partial charge in [-0.15, -0.1) is 0 Å². The molecule has 0 fully saturated rings. The van der Waals surface area contributed by atoms with Gasteiger partial charge in [-0.2, -0.15) is 0 Å². The minimum absolute atomic E-state index is 1.17. The zero-order valence-corrected chi connectivity index (χ0v) is 4.73. The average molecular weight is 118 g/mol. The molecule has 0 N–H and O–H groups in total. The molecule has 4 heteroatoms. The van der Waals surface area contributed by atoms with E-state index in [0.29, 0.717) is 0 Å². The van der Waals surface area contributed by atoms with Crippen molar-refractivity contribution in [3.63, 3.8) is 0 Å². The SMILES string of the molecule is O=[PH2+].c1cocn1. The molecule has 1 unspecified atom stereocenters. The number of rotatable bonds is 0. The van der Waals surface area contributed by atoms with Gasteiger partial charge in [-0.05, 0) is 0 Å². The first-order chi connectivity index (χ1) is 3.50. The Morgan fingerprint density at radius 3 is 2.43 bits per heavy atom. The molecule has 0 saturated heterocycles. The summed E-state index contributed by atoms with van der Waals surface area (Å²) in [6.07, 6.45) is 4.47. The van der Waals surface area contributed by atoms with Crippen LogP contribution in [0.15, 0.2) is 23.3 Å². The normalized spacial score (nSPS) is 6.29. The van der Waals surface area contributed by atoms with Gasteiger partial charge in [0.1, 0.15) is 6.26 Å². The average Bonchev–Trinajstić information content (AvgIpc) is 2.23. The van der Waals surface area contributed by atoms with Crippen LogP contribution in [-0.2, 0) is 4.57 Å². The zero-order valence-electron chi connectivity index (χ0n) is 3.57. The van der Waals surface area contributed by atoms with Crippen LogP contribution in [0.1, 0.15) is 0 Å². The summed E-state index contributed by atoms with van der Waals surface area (Å²) in [5, 5.41) is 0. The van der Waals surface area contributed by atoms with E-state index in [4.69, 9.17) is 4.57 Å². The number of hydrogen-bond donors (Lipinski definition) is 0. The maximum absolute atomic E-state index is 8.17. The van der Waals surface area contributed by atoms with Gasteiger partial charge in [0.05, 0.1) is 6.20 Å². The minimum Gasteiger partial charge on any atom is -0.452 e. The fourth-order valence-corrected chi connectivity index (χ4v) is 0.176. The molecule has 0 aromatic carbocycles. The van der Waals surface area contributed by atoms with Gasteiger partial charge in [0.25, 0.3) is 0 Å². The Hall–Kier alpha value is -0.690. The lowest BCUT2D eigenvalue weighted by Gasteiger charge is -1.47. The highest BCUT2D eigenvalue weighted by Crippen LogP contribution is 1.72. The maximum atomic E-state index is 8.17. The largest absolute Gasteiger partial charge is 0.452 e. The van der Waals surface area contributed by atoms with Crippen molar-refractivity contribution in [3.05, 3.63) is 18.9 Å². The van der Waals surface area contributed by atoms with E-state index in [-0.39, 0.29) is 0 Å². The second kappa shape index (κ2) is 5.31. The van der Waals surface area contributed by atoms with Crippen LogP contribution in [0.4, 0.5) is 0 Å². The van der Waals surface area contributed by atoms with E-state index in [2.05, 4.69) is 9.40 Å². The van der Waals surface area contributed by atoms with Gasteiger partial charge >= 0.3 is 9.12 Å². The lowest BCUT2D eigenvalue weighted by Crippen LogP contribution is -1.38. The first-order valence-electron chi connectivity index (χ1n) is 1.56. The Bertz CT molecular complexity index is 79.8. The topological polar surface area (TPSA) is 43.1 Å². The van der Waals surface area contributed by atoms with Gasteiger partial charge < -0.3 is 4.42 Å². The Labute approximate surface area is 43.0 Å². The van der Waals surface area contributed by atoms with Crippen LogP contribution in [0.25, 0.3) is 0 Å². The third-order valence-electron chi connectivity index (χ3n) is 0.347. The van der Waals surface area contributed by atoms with Crippen LogP contribution >= 0.6 is 9.12 Å². The van der Waals surface area contributed by atoms with Gasteiger partial charge in [0, 0.05) is 0 Å². The molecule has 1 rings (SSSR count). The van der Waals surface area contributed by atoms with Crippen molar-refractivity contribution in [2.24, 2.45) is 0 Å². The van der Waals surface area contributed by atoms with E-state index in [1.54, 1.807) is 6.20 Å². The first-order valence-corrected chi connectivity index (χ1v) is 2.03. The molecule has 7 heavy (non-hydrogen) atoms. The van der Waals surface area contributed by atoms with E-state index in [1.165, 1.54) is 21.8 Å². The van der Waals surface area contributed by atoms with E-state index >= 15 is 0 Å². The molecule has 1 aromatic heterocycles. The van der Waals surface area contributed by atoms with Crippen molar-refractivity contribution >= 4 is 9.12 Å². The van der Waals surface area contributed by atoms with Crippen molar-refractivity contribution < 1.29 is 8.98 Å². The quantitative estimate of drug-likeness (QED) is 0.475. The van der Waals surface area contributed by atoms with E-state index in [1.807, 2.05) is 0 Å². The molecule has 38 valence electrons. The van der Waals surface area contributed by atoms with Crippen LogP contribution in [-0.4, -0.2) is 4.98 Å². The maximum Gasteiger partial charge on any atom is 0.310 e. The summed E-state index contributed by atoms with van der Waals surface area (Å²) in [7, 11) is 1.17. The summed E-state index contributed by atoms with van der Waals surface area (Å²) in [5.74, 6) is 0. The summed E-state index contributed by atoms with van der Waals surface area (Å²) in [4.78, 5) is 3.56. The molecule has 0 bridgehead atoms. The summed E-state index contributed by atoms with van der Waals surface area (Å²) in [6, 6.07) is 0.